The third kappa shape index (κ3) is 4.29. The Labute approximate surface area is 157 Å². The zero-order valence-corrected chi connectivity index (χ0v) is 18.4. The quantitative estimate of drug-likeness (QED) is 0.368. The van der Waals surface area contributed by atoms with Gasteiger partial charge in [-0.1, -0.05) is 29.8 Å². The van der Waals surface area contributed by atoms with Crippen LogP contribution in [0.4, 0.5) is 0 Å². The fraction of sp³-hybridized carbons (Fsp3) is 0.562. The van der Waals surface area contributed by atoms with Crippen molar-refractivity contribution in [2.45, 2.75) is 50.9 Å². The maximum Gasteiger partial charge on any atom is 0.336 e. The number of rotatable bonds is 9. The van der Waals surface area contributed by atoms with Crippen LogP contribution < -0.4 is 4.74 Å². The Balaban J connectivity index is 3.66. The van der Waals surface area contributed by atoms with Gasteiger partial charge in [0.05, 0.1) is 12.7 Å². The molecule has 4 radical (unpaired) electrons. The standard InChI is InChI=1S/C16H23BrO5Si2/c1-9-12(20-4)7-11(10(8-17)13(9)14(18)19)16(2,3)15(21-23-5)22-24-6/h7,15H,8H2,1-6H3,(H,18,19). The van der Waals surface area contributed by atoms with Crippen LogP contribution in [0.5, 0.6) is 5.75 Å². The fourth-order valence-electron chi connectivity index (χ4n) is 2.69. The van der Waals surface area contributed by atoms with Crippen molar-refractivity contribution < 1.29 is 23.5 Å². The smallest absolute Gasteiger partial charge is 0.336 e. The van der Waals surface area contributed by atoms with Crippen molar-refractivity contribution in [1.29, 1.82) is 0 Å². The molecule has 132 valence electrons. The summed E-state index contributed by atoms with van der Waals surface area (Å²) in [6.45, 7) is 9.64. The molecule has 0 amide bonds. The Bertz CT molecular complexity index is 586. The second-order valence-electron chi connectivity index (χ2n) is 5.74. The summed E-state index contributed by atoms with van der Waals surface area (Å²) < 4.78 is 17.0. The van der Waals surface area contributed by atoms with Gasteiger partial charge in [0, 0.05) is 16.3 Å². The molecule has 0 saturated heterocycles. The first kappa shape index (κ1) is 21.4. The number of ether oxygens (including phenoxy) is 1. The number of halogens is 1. The van der Waals surface area contributed by atoms with Crippen LogP contribution in [0.25, 0.3) is 0 Å². The average Bonchev–Trinajstić information content (AvgIpc) is 2.53. The number of hydrogen-bond donors (Lipinski definition) is 1. The van der Waals surface area contributed by atoms with Gasteiger partial charge in [-0.2, -0.15) is 0 Å². The van der Waals surface area contributed by atoms with E-state index in [1.807, 2.05) is 33.0 Å². The van der Waals surface area contributed by atoms with Crippen molar-refractivity contribution in [3.63, 3.8) is 0 Å². The molecule has 0 aliphatic carbocycles. The number of carbonyl (C=O) groups is 1. The Kier molecular flexibility index (Phi) is 8.14. The van der Waals surface area contributed by atoms with Crippen LogP contribution in [-0.2, 0) is 19.6 Å². The van der Waals surface area contributed by atoms with Crippen molar-refractivity contribution in [2.24, 2.45) is 0 Å². The van der Waals surface area contributed by atoms with Crippen LogP contribution in [0, 0.1) is 6.92 Å². The van der Waals surface area contributed by atoms with Gasteiger partial charge in [-0.25, -0.2) is 4.79 Å². The van der Waals surface area contributed by atoms with E-state index in [0.29, 0.717) is 16.6 Å². The lowest BCUT2D eigenvalue weighted by molar-refractivity contribution is -0.0436. The Morgan fingerprint density at radius 3 is 2.25 bits per heavy atom. The molecule has 0 aliphatic heterocycles. The Morgan fingerprint density at radius 1 is 1.33 bits per heavy atom. The largest absolute Gasteiger partial charge is 0.496 e. The summed E-state index contributed by atoms with van der Waals surface area (Å²) in [7, 11) is 2.09. The second kappa shape index (κ2) is 9.14. The second-order valence-corrected chi connectivity index (χ2v) is 7.59. The van der Waals surface area contributed by atoms with Crippen LogP contribution in [-0.4, -0.2) is 44.0 Å². The molecule has 0 aliphatic rings. The van der Waals surface area contributed by atoms with E-state index in [0.717, 1.165) is 11.1 Å². The van der Waals surface area contributed by atoms with E-state index < -0.39 is 17.7 Å². The molecule has 0 spiro atoms. The first-order valence-corrected chi connectivity index (χ1v) is 11.3. The lowest BCUT2D eigenvalue weighted by Crippen LogP contribution is -2.40. The Hall–Kier alpha value is -0.676. The summed E-state index contributed by atoms with van der Waals surface area (Å²) in [5.41, 5.74) is 1.92. The van der Waals surface area contributed by atoms with E-state index in [1.165, 1.54) is 0 Å². The minimum Gasteiger partial charge on any atom is -0.496 e. The monoisotopic (exact) mass is 430 g/mol. The average molecular weight is 431 g/mol. The minimum atomic E-state index is -0.967. The van der Waals surface area contributed by atoms with Gasteiger partial charge in [0.1, 0.15) is 12.0 Å². The van der Waals surface area contributed by atoms with E-state index in [4.69, 9.17) is 13.6 Å². The Morgan fingerprint density at radius 2 is 1.88 bits per heavy atom. The van der Waals surface area contributed by atoms with Gasteiger partial charge in [0.15, 0.2) is 0 Å². The summed E-state index contributed by atoms with van der Waals surface area (Å²) >= 11 is 3.45. The molecule has 0 bridgehead atoms. The molecule has 0 heterocycles. The number of alkyl halides is 1. The van der Waals surface area contributed by atoms with Gasteiger partial charge in [0.2, 0.25) is 19.5 Å². The molecule has 5 nitrogen and oxygen atoms in total. The number of aromatic carboxylic acids is 1. The highest BCUT2D eigenvalue weighted by molar-refractivity contribution is 9.08. The lowest BCUT2D eigenvalue weighted by atomic mass is 9.79. The van der Waals surface area contributed by atoms with Crippen molar-refractivity contribution in [2.75, 3.05) is 7.11 Å². The summed E-state index contributed by atoms with van der Waals surface area (Å²) in [5, 5.41) is 10.1. The molecule has 0 atom stereocenters. The van der Waals surface area contributed by atoms with Crippen LogP contribution in [0.15, 0.2) is 6.07 Å². The zero-order valence-electron chi connectivity index (χ0n) is 14.8. The van der Waals surface area contributed by atoms with Crippen LogP contribution in [0.3, 0.4) is 0 Å². The molecule has 1 rings (SSSR count). The molecule has 1 aromatic carbocycles. The molecule has 24 heavy (non-hydrogen) atoms. The molecule has 1 aromatic rings. The highest BCUT2D eigenvalue weighted by Crippen LogP contribution is 2.39. The fourth-order valence-corrected chi connectivity index (χ4v) is 4.48. The molecule has 0 saturated carbocycles. The van der Waals surface area contributed by atoms with Crippen molar-refractivity contribution in [1.82, 2.24) is 0 Å². The van der Waals surface area contributed by atoms with Crippen LogP contribution in [0.1, 0.15) is 40.9 Å². The highest BCUT2D eigenvalue weighted by Gasteiger charge is 2.36. The molecule has 0 aromatic heterocycles. The first-order chi connectivity index (χ1) is 11.3. The number of methoxy groups -OCH3 is 1. The number of benzene rings is 1. The van der Waals surface area contributed by atoms with Crippen molar-refractivity contribution in [3.8, 4) is 5.75 Å². The third-order valence-electron chi connectivity index (χ3n) is 3.95. The predicted octanol–water partition coefficient (Wildman–Crippen LogP) is 3.57. The summed E-state index contributed by atoms with van der Waals surface area (Å²) in [6, 6.07) is 1.90. The topological polar surface area (TPSA) is 65.0 Å². The van der Waals surface area contributed by atoms with E-state index >= 15 is 0 Å². The van der Waals surface area contributed by atoms with E-state index in [1.54, 1.807) is 14.0 Å². The van der Waals surface area contributed by atoms with E-state index in [2.05, 4.69) is 15.9 Å². The summed E-state index contributed by atoms with van der Waals surface area (Å²) in [6.07, 6.45) is -0.462. The van der Waals surface area contributed by atoms with Gasteiger partial charge in [0.25, 0.3) is 0 Å². The van der Waals surface area contributed by atoms with Gasteiger partial charge in [-0.15, -0.1) is 0 Å². The normalized spacial score (nSPS) is 11.8. The van der Waals surface area contributed by atoms with Crippen LogP contribution in [0.2, 0.25) is 13.1 Å². The number of hydrogen-bond acceptors (Lipinski definition) is 4. The zero-order chi connectivity index (χ0) is 18.5. The maximum atomic E-state index is 11.8. The highest BCUT2D eigenvalue weighted by atomic mass is 79.9. The van der Waals surface area contributed by atoms with E-state index in [-0.39, 0.29) is 25.1 Å². The SMILES string of the molecule is COc1cc(C(C)(C)C(O[Si]C)O[Si]C)c(CBr)c(C(=O)O)c1C. The molecular weight excluding hydrogens is 408 g/mol. The van der Waals surface area contributed by atoms with Gasteiger partial charge >= 0.3 is 5.97 Å². The number of carboxylic acid groups (broad SMARTS) is 1. The minimum absolute atomic E-state index is 0.269. The van der Waals surface area contributed by atoms with Crippen LogP contribution >= 0.6 is 15.9 Å². The summed E-state index contributed by atoms with van der Waals surface area (Å²) in [5.74, 6) is -0.414. The molecule has 0 unspecified atom stereocenters. The molecule has 8 heteroatoms. The van der Waals surface area contributed by atoms with Gasteiger partial charge in [-0.05, 0) is 37.2 Å². The maximum absolute atomic E-state index is 11.8. The molecule has 1 N–H and O–H groups in total. The molecular formula is C16H23BrO5Si2. The van der Waals surface area contributed by atoms with E-state index in [9.17, 15) is 9.90 Å². The first-order valence-electron chi connectivity index (χ1n) is 7.41. The van der Waals surface area contributed by atoms with Gasteiger partial charge in [-0.3, -0.25) is 0 Å². The third-order valence-corrected chi connectivity index (χ3v) is 5.41. The van der Waals surface area contributed by atoms with Crippen molar-refractivity contribution in [3.05, 3.63) is 28.3 Å². The van der Waals surface area contributed by atoms with Crippen molar-refractivity contribution >= 4 is 41.4 Å². The molecule has 0 fully saturated rings. The number of carboxylic acids is 1. The predicted molar refractivity (Wildman–Crippen MR) is 99.5 cm³/mol. The summed E-state index contributed by atoms with van der Waals surface area (Å²) in [4.78, 5) is 11.8. The lowest BCUT2D eigenvalue weighted by Gasteiger charge is -2.36. The van der Waals surface area contributed by atoms with Gasteiger partial charge < -0.3 is 18.7 Å².